The van der Waals surface area contributed by atoms with Crippen LogP contribution in [0.4, 0.5) is 41.1 Å². The smallest absolute Gasteiger partial charge is 0.322 e. The minimum atomic E-state index is -0.506. The Morgan fingerprint density at radius 2 is 1.05 bits per heavy atom. The third-order valence-corrected chi connectivity index (χ3v) is 17.4. The van der Waals surface area contributed by atoms with Gasteiger partial charge < -0.3 is 51.1 Å². The summed E-state index contributed by atoms with van der Waals surface area (Å²) in [7, 11) is 4.31. The third kappa shape index (κ3) is 12.4. The number of benzene rings is 4. The number of anilines is 4. The topological polar surface area (TPSA) is 133 Å². The molecule has 0 spiro atoms. The highest BCUT2D eigenvalue weighted by Crippen LogP contribution is 2.66. The lowest BCUT2D eigenvalue weighted by molar-refractivity contribution is -0.114. The number of amides is 5. The summed E-state index contributed by atoms with van der Waals surface area (Å²) in [6.45, 7) is 13.4. The molecule has 6 atom stereocenters. The van der Waals surface area contributed by atoms with Crippen LogP contribution in [0.3, 0.4) is 0 Å². The molecule has 6 fully saturated rings. The summed E-state index contributed by atoms with van der Waals surface area (Å²) >= 11 is 11.9. The zero-order valence-corrected chi connectivity index (χ0v) is 44.0. The van der Waals surface area contributed by atoms with Gasteiger partial charge in [0, 0.05) is 118 Å². The molecule has 2 heterocycles. The minimum absolute atomic E-state index is 0.00755. The number of urea groups is 2. The first-order chi connectivity index (χ1) is 35.1. The predicted molar refractivity (Wildman–Crippen MR) is 289 cm³/mol. The molecular weight excluding hydrogens is 970 g/mol. The number of carbonyl (C=O) groups is 3. The molecule has 0 unspecified atom stereocenters. The zero-order valence-electron chi connectivity index (χ0n) is 42.5. The largest absolute Gasteiger partial charge is 0.399 e. The van der Waals surface area contributed by atoms with E-state index in [1.165, 1.54) is 42.3 Å². The first-order valence-corrected chi connectivity index (χ1v) is 27.0. The van der Waals surface area contributed by atoms with Gasteiger partial charge in [-0.25, -0.2) is 18.4 Å². The monoisotopic (exact) mass is 1040 g/mol. The molecule has 4 saturated carbocycles. The molecule has 0 radical (unpaired) electrons. The van der Waals surface area contributed by atoms with Crippen molar-refractivity contribution in [2.75, 3.05) is 114 Å². The second-order valence-electron chi connectivity index (χ2n) is 21.5. The molecule has 73 heavy (non-hydrogen) atoms. The summed E-state index contributed by atoms with van der Waals surface area (Å²) in [5, 5.41) is 8.84. The molecule has 2 saturated heterocycles. The highest BCUT2D eigenvalue weighted by atomic mass is 35.5. The Balaban J connectivity index is 0.000000180. The molecule has 392 valence electrons. The molecule has 4 aromatic carbocycles. The van der Waals surface area contributed by atoms with Gasteiger partial charge in [-0.1, -0.05) is 47.5 Å². The fraction of sp³-hybridized carbons (Fsp3) is 0.518. The van der Waals surface area contributed by atoms with Gasteiger partial charge in [-0.15, -0.1) is 0 Å². The molecule has 13 nitrogen and oxygen atoms in total. The summed E-state index contributed by atoms with van der Waals surface area (Å²) in [4.78, 5) is 52.4. The number of piperazine rings is 2. The highest BCUT2D eigenvalue weighted by molar-refractivity contribution is 6.31. The molecule has 17 heteroatoms. The maximum Gasteiger partial charge on any atom is 0.322 e. The van der Waals surface area contributed by atoms with Crippen molar-refractivity contribution < 1.29 is 23.2 Å². The van der Waals surface area contributed by atoms with Gasteiger partial charge in [0.05, 0.1) is 10.0 Å². The first-order valence-electron chi connectivity index (χ1n) is 26.2. The minimum Gasteiger partial charge on any atom is -0.399 e. The van der Waals surface area contributed by atoms with E-state index in [0.29, 0.717) is 36.3 Å². The van der Waals surface area contributed by atoms with Crippen molar-refractivity contribution >= 4 is 63.9 Å². The van der Waals surface area contributed by atoms with E-state index < -0.39 is 11.6 Å². The van der Waals surface area contributed by atoms with Gasteiger partial charge in [-0.05, 0) is 162 Å². The number of halogens is 4. The fourth-order valence-electron chi connectivity index (χ4n) is 12.6. The van der Waals surface area contributed by atoms with Gasteiger partial charge in [0.25, 0.3) is 0 Å². The van der Waals surface area contributed by atoms with Crippen LogP contribution in [0.2, 0.25) is 10.0 Å². The molecule has 10 rings (SSSR count). The van der Waals surface area contributed by atoms with Crippen molar-refractivity contribution in [1.82, 2.24) is 29.4 Å². The van der Waals surface area contributed by atoms with E-state index >= 15 is 0 Å². The maximum atomic E-state index is 13.7. The van der Waals surface area contributed by atoms with Gasteiger partial charge in [0.1, 0.15) is 11.6 Å². The van der Waals surface area contributed by atoms with E-state index in [2.05, 4.69) is 73.9 Å². The molecule has 4 aromatic rings. The van der Waals surface area contributed by atoms with Crippen LogP contribution in [-0.4, -0.2) is 152 Å². The van der Waals surface area contributed by atoms with Gasteiger partial charge in [0.15, 0.2) is 0 Å². The average molecular weight is 1040 g/mol. The van der Waals surface area contributed by atoms with E-state index in [1.807, 2.05) is 34.1 Å². The summed E-state index contributed by atoms with van der Waals surface area (Å²) in [6.07, 6.45) is 7.93. The number of nitrogens with zero attached hydrogens (tertiary/aromatic N) is 6. The van der Waals surface area contributed by atoms with E-state index in [9.17, 15) is 23.2 Å². The second kappa shape index (κ2) is 22.8. The number of hydrogen-bond donors (Lipinski definition) is 4. The summed E-state index contributed by atoms with van der Waals surface area (Å²) < 4.78 is 27.3. The Morgan fingerprint density at radius 3 is 1.48 bits per heavy atom. The van der Waals surface area contributed by atoms with Crippen LogP contribution in [-0.2, 0) is 15.6 Å². The number of carbonyl (C=O) groups excluding carboxylic acids is 3. The van der Waals surface area contributed by atoms with Gasteiger partial charge in [-0.2, -0.15) is 0 Å². The van der Waals surface area contributed by atoms with E-state index in [4.69, 9.17) is 28.9 Å². The molecule has 0 aromatic heterocycles. The number of likely N-dealkylation sites (N-methyl/N-ethyl adjacent to an activating group) is 2. The molecule has 6 aliphatic rings. The van der Waals surface area contributed by atoms with E-state index in [1.54, 1.807) is 12.1 Å². The number of nitrogen functional groups attached to an aromatic ring is 1. The average Bonchev–Trinajstić information content (AvgIpc) is 4.22. The number of hydrogen-bond acceptors (Lipinski definition) is 8. The number of fused-ring (bicyclic) bond motifs is 2. The van der Waals surface area contributed by atoms with Gasteiger partial charge in [-0.3, -0.25) is 4.79 Å². The standard InChI is InChI=1S/C29H37ClFN5O2.C27H35ClFN5O/c1-20(37)32-22-6-3-5-21(17-22)29-10-9-27(24(29)19-29)36(12-4-11-35-15-13-34(2)14-16-35)28(38)33-23-7-8-26(31)25(30)18-23;1-32-12-14-33(15-13-32)10-3-11-34(26(35)31-21-6-7-24(29)23(28)17-21)25-8-9-27(18-22(25)27)19-4-2-5-20(30)16-19/h3,5-8,17-18,24,27H,4,9-16,19H2,1-2H3,(H,32,37)(H,33,38);2,4-7,16-17,22,25H,3,8-15,18,30H2,1H3,(H,31,35)/t24-,27-,29-;22-,25-,27-/m11/s1. The number of nitrogens with two attached hydrogens (primary N) is 1. The number of nitrogens with one attached hydrogen (secondary N) is 3. The van der Waals surface area contributed by atoms with Crippen molar-refractivity contribution in [3.63, 3.8) is 0 Å². The van der Waals surface area contributed by atoms with Crippen molar-refractivity contribution in [3.8, 4) is 0 Å². The van der Waals surface area contributed by atoms with Crippen LogP contribution in [0.5, 0.6) is 0 Å². The van der Waals surface area contributed by atoms with Crippen LogP contribution >= 0.6 is 23.2 Å². The highest BCUT2D eigenvalue weighted by Gasteiger charge is 2.65. The lowest BCUT2D eigenvalue weighted by atomic mass is 9.93. The van der Waals surface area contributed by atoms with Crippen LogP contribution in [0, 0.1) is 23.5 Å². The molecule has 5 N–H and O–H groups in total. The Morgan fingerprint density at radius 1 is 0.616 bits per heavy atom. The second-order valence-corrected chi connectivity index (χ2v) is 22.3. The Bertz CT molecular complexity index is 2610. The van der Waals surface area contributed by atoms with E-state index in [0.717, 1.165) is 128 Å². The van der Waals surface area contributed by atoms with Crippen LogP contribution < -0.4 is 21.7 Å². The lowest BCUT2D eigenvalue weighted by Gasteiger charge is -2.34. The summed E-state index contributed by atoms with van der Waals surface area (Å²) in [5.41, 5.74) is 11.4. The van der Waals surface area contributed by atoms with Gasteiger partial charge in [0.2, 0.25) is 5.91 Å². The lowest BCUT2D eigenvalue weighted by Crippen LogP contribution is -2.47. The van der Waals surface area contributed by atoms with Crippen molar-refractivity contribution in [2.24, 2.45) is 11.8 Å². The zero-order chi connectivity index (χ0) is 51.4. The normalized spacial score (nSPS) is 25.7. The Labute approximate surface area is 439 Å². The summed E-state index contributed by atoms with van der Waals surface area (Å²) in [5.74, 6) is -0.264. The van der Waals surface area contributed by atoms with Crippen molar-refractivity contribution in [3.05, 3.63) is 118 Å². The van der Waals surface area contributed by atoms with Crippen molar-refractivity contribution in [2.45, 2.75) is 81.2 Å². The van der Waals surface area contributed by atoms with Gasteiger partial charge >= 0.3 is 12.1 Å². The molecule has 0 bridgehead atoms. The van der Waals surface area contributed by atoms with Crippen LogP contribution in [0.1, 0.15) is 69.4 Å². The molecular formula is C56H72Cl2F2N10O3. The SMILES string of the molecule is CC(=O)Nc1cccc([C@]23CC[C@@H](N(CCCN4CCN(C)CC4)C(=O)Nc4ccc(F)c(Cl)c4)[C@H]2C3)c1.CN1CCN(CCCN(C(=O)Nc2ccc(F)c(Cl)c2)[C@@H]2CC[C@]3(c4cccc(N)c4)C[C@H]23)CC1. The molecule has 4 aliphatic carbocycles. The Hall–Kier alpha value is -5.03. The Kier molecular flexibility index (Phi) is 16.5. The predicted octanol–water partition coefficient (Wildman–Crippen LogP) is 9.68. The van der Waals surface area contributed by atoms with Crippen LogP contribution in [0.25, 0.3) is 0 Å². The quantitative estimate of drug-likeness (QED) is 0.0867. The maximum absolute atomic E-state index is 13.7. The van der Waals surface area contributed by atoms with Crippen molar-refractivity contribution in [1.29, 1.82) is 0 Å². The molecule has 2 aliphatic heterocycles. The van der Waals surface area contributed by atoms with Crippen LogP contribution in [0.15, 0.2) is 84.9 Å². The molecule has 5 amide bonds. The summed E-state index contributed by atoms with van der Waals surface area (Å²) in [6, 6.07) is 25.0. The number of rotatable bonds is 15. The first kappa shape index (κ1) is 52.8. The van der Waals surface area contributed by atoms with E-state index in [-0.39, 0.29) is 50.9 Å². The third-order valence-electron chi connectivity index (χ3n) is 16.8. The fourth-order valence-corrected chi connectivity index (χ4v) is 12.9.